The van der Waals surface area contributed by atoms with Crippen LogP contribution in [0.3, 0.4) is 0 Å². The second-order valence-corrected chi connectivity index (χ2v) is 8.77. The van der Waals surface area contributed by atoms with Crippen LogP contribution >= 0.6 is 11.6 Å². The standard InChI is InChI=1S/C24H31ClO7/c25-19-10-7-15(21(28)23(30)24(31)22(29)20(27)13-26)12-16(19)11-14-5-8-18(9-6-14)32-17-3-1-2-4-17/h5-10,12,17,20-24,26-31H,1-4,11,13H2/t20-,21?,22-,23+,24-/m1/s1. The van der Waals surface area contributed by atoms with E-state index in [0.29, 0.717) is 22.6 Å². The highest BCUT2D eigenvalue weighted by molar-refractivity contribution is 6.31. The minimum atomic E-state index is -1.86. The van der Waals surface area contributed by atoms with E-state index in [2.05, 4.69) is 0 Å². The van der Waals surface area contributed by atoms with Gasteiger partial charge in [0.25, 0.3) is 0 Å². The van der Waals surface area contributed by atoms with Gasteiger partial charge in [0.15, 0.2) is 0 Å². The topological polar surface area (TPSA) is 131 Å². The molecular formula is C24H31ClO7. The van der Waals surface area contributed by atoms with E-state index in [0.717, 1.165) is 24.2 Å². The molecule has 1 aliphatic rings. The highest BCUT2D eigenvalue weighted by Gasteiger charge is 2.34. The second-order valence-electron chi connectivity index (χ2n) is 8.36. The normalized spacial score (nSPS) is 19.3. The Labute approximate surface area is 192 Å². The molecule has 0 saturated heterocycles. The summed E-state index contributed by atoms with van der Waals surface area (Å²) in [4.78, 5) is 0. The molecule has 5 atom stereocenters. The van der Waals surface area contributed by atoms with Crippen molar-refractivity contribution in [2.24, 2.45) is 0 Å². The van der Waals surface area contributed by atoms with E-state index < -0.39 is 37.1 Å². The Morgan fingerprint density at radius 3 is 2.16 bits per heavy atom. The van der Waals surface area contributed by atoms with Crippen LogP contribution in [0.4, 0.5) is 0 Å². The smallest absolute Gasteiger partial charge is 0.119 e. The molecule has 6 N–H and O–H groups in total. The maximum atomic E-state index is 10.5. The van der Waals surface area contributed by atoms with Gasteiger partial charge in [-0.3, -0.25) is 0 Å². The van der Waals surface area contributed by atoms with Crippen molar-refractivity contribution < 1.29 is 35.4 Å². The first-order valence-corrected chi connectivity index (χ1v) is 11.2. The number of aliphatic hydroxyl groups excluding tert-OH is 6. The summed E-state index contributed by atoms with van der Waals surface area (Å²) in [6.07, 6.45) is -3.30. The number of benzene rings is 2. The third-order valence-corrected chi connectivity index (χ3v) is 6.31. The predicted molar refractivity (Wildman–Crippen MR) is 120 cm³/mol. The Morgan fingerprint density at radius 2 is 1.53 bits per heavy atom. The molecule has 1 aliphatic carbocycles. The minimum Gasteiger partial charge on any atom is -0.490 e. The van der Waals surface area contributed by atoms with Crippen molar-refractivity contribution in [1.29, 1.82) is 0 Å². The van der Waals surface area contributed by atoms with Crippen LogP contribution < -0.4 is 4.74 Å². The average Bonchev–Trinajstić information content (AvgIpc) is 3.32. The summed E-state index contributed by atoms with van der Waals surface area (Å²) in [5, 5.41) is 59.4. The van der Waals surface area contributed by atoms with E-state index in [-0.39, 0.29) is 6.10 Å². The van der Waals surface area contributed by atoms with E-state index in [1.165, 1.54) is 18.9 Å². The Hall–Kier alpha value is -1.71. The molecule has 0 radical (unpaired) electrons. The molecule has 0 spiro atoms. The second kappa shape index (κ2) is 11.4. The molecule has 2 aromatic carbocycles. The van der Waals surface area contributed by atoms with E-state index in [4.69, 9.17) is 21.4 Å². The van der Waals surface area contributed by atoms with Crippen LogP contribution in [0, 0.1) is 0 Å². The van der Waals surface area contributed by atoms with Gasteiger partial charge >= 0.3 is 0 Å². The number of hydrogen-bond acceptors (Lipinski definition) is 7. The van der Waals surface area contributed by atoms with Crippen LogP contribution in [0.15, 0.2) is 42.5 Å². The fourth-order valence-electron chi connectivity index (χ4n) is 3.94. The Morgan fingerprint density at radius 1 is 0.875 bits per heavy atom. The molecule has 0 amide bonds. The quantitative estimate of drug-likeness (QED) is 0.314. The summed E-state index contributed by atoms with van der Waals surface area (Å²) in [6.45, 7) is -0.795. The number of ether oxygens (including phenoxy) is 1. The van der Waals surface area contributed by atoms with Crippen molar-refractivity contribution in [3.8, 4) is 5.75 Å². The lowest BCUT2D eigenvalue weighted by Gasteiger charge is -2.28. The van der Waals surface area contributed by atoms with Gasteiger partial charge < -0.3 is 35.4 Å². The number of rotatable bonds is 10. The summed E-state index contributed by atoms with van der Waals surface area (Å²) in [6, 6.07) is 12.5. The molecule has 0 aromatic heterocycles. The molecule has 8 heteroatoms. The number of halogens is 1. The van der Waals surface area contributed by atoms with Gasteiger partial charge in [-0.2, -0.15) is 0 Å². The van der Waals surface area contributed by atoms with Gasteiger partial charge in [0, 0.05) is 5.02 Å². The molecule has 0 aliphatic heterocycles. The Kier molecular flexibility index (Phi) is 8.90. The third-order valence-electron chi connectivity index (χ3n) is 5.94. The van der Waals surface area contributed by atoms with Gasteiger partial charge in [0.05, 0.1) is 12.7 Å². The van der Waals surface area contributed by atoms with E-state index >= 15 is 0 Å². The summed E-state index contributed by atoms with van der Waals surface area (Å²) in [5.41, 5.74) is 1.99. The molecule has 176 valence electrons. The van der Waals surface area contributed by atoms with Gasteiger partial charge in [0.1, 0.15) is 36.3 Å². The third kappa shape index (κ3) is 6.20. The van der Waals surface area contributed by atoms with Gasteiger partial charge in [0.2, 0.25) is 0 Å². The van der Waals surface area contributed by atoms with Crippen LogP contribution in [0.25, 0.3) is 0 Å². The summed E-state index contributed by atoms with van der Waals surface area (Å²) < 4.78 is 5.98. The van der Waals surface area contributed by atoms with Crippen LogP contribution in [-0.2, 0) is 6.42 Å². The van der Waals surface area contributed by atoms with Crippen molar-refractivity contribution in [3.63, 3.8) is 0 Å². The largest absolute Gasteiger partial charge is 0.490 e. The zero-order chi connectivity index (χ0) is 23.3. The zero-order valence-electron chi connectivity index (χ0n) is 17.7. The van der Waals surface area contributed by atoms with Crippen molar-refractivity contribution in [1.82, 2.24) is 0 Å². The van der Waals surface area contributed by atoms with Gasteiger partial charge in [-0.25, -0.2) is 0 Å². The van der Waals surface area contributed by atoms with Crippen molar-refractivity contribution in [2.75, 3.05) is 6.61 Å². The summed E-state index contributed by atoms with van der Waals surface area (Å²) >= 11 is 6.33. The monoisotopic (exact) mass is 466 g/mol. The first-order valence-electron chi connectivity index (χ1n) is 10.8. The summed E-state index contributed by atoms with van der Waals surface area (Å²) in [5.74, 6) is 0.830. The van der Waals surface area contributed by atoms with E-state index in [1.54, 1.807) is 12.1 Å². The molecule has 32 heavy (non-hydrogen) atoms. The average molecular weight is 467 g/mol. The molecule has 1 saturated carbocycles. The first-order chi connectivity index (χ1) is 15.3. The lowest BCUT2D eigenvalue weighted by atomic mass is 9.93. The van der Waals surface area contributed by atoms with Crippen LogP contribution in [0.1, 0.15) is 48.5 Å². The molecule has 2 aromatic rings. The Bertz CT molecular complexity index is 854. The van der Waals surface area contributed by atoms with Crippen molar-refractivity contribution >= 4 is 11.6 Å². The molecule has 1 unspecified atom stereocenters. The van der Waals surface area contributed by atoms with Gasteiger partial charge in [-0.15, -0.1) is 0 Å². The molecule has 7 nitrogen and oxygen atoms in total. The SMILES string of the molecule is OC[C@@H](O)[C@@H](O)[C@@H](O)[C@@H](O)C(O)c1ccc(Cl)c(Cc2ccc(OC3CCCC3)cc2)c1. The van der Waals surface area contributed by atoms with E-state index in [9.17, 15) is 25.5 Å². The molecule has 0 bridgehead atoms. The number of aliphatic hydroxyl groups is 6. The van der Waals surface area contributed by atoms with Crippen molar-refractivity contribution in [3.05, 3.63) is 64.2 Å². The maximum absolute atomic E-state index is 10.5. The predicted octanol–water partition coefficient (Wildman–Crippen LogP) is 1.72. The van der Waals surface area contributed by atoms with Crippen LogP contribution in [0.2, 0.25) is 5.02 Å². The minimum absolute atomic E-state index is 0.284. The summed E-state index contributed by atoms with van der Waals surface area (Å²) in [7, 11) is 0. The van der Waals surface area contributed by atoms with Crippen LogP contribution in [0.5, 0.6) is 5.75 Å². The first kappa shape index (κ1) is 24.9. The van der Waals surface area contributed by atoms with Gasteiger partial charge in [-0.1, -0.05) is 35.9 Å². The lowest BCUT2D eigenvalue weighted by Crippen LogP contribution is -2.47. The lowest BCUT2D eigenvalue weighted by molar-refractivity contribution is -0.141. The van der Waals surface area contributed by atoms with Crippen molar-refractivity contribution in [2.45, 2.75) is 68.7 Å². The van der Waals surface area contributed by atoms with E-state index in [1.807, 2.05) is 24.3 Å². The molecular weight excluding hydrogens is 436 g/mol. The van der Waals surface area contributed by atoms with Gasteiger partial charge in [-0.05, 0) is 67.0 Å². The highest BCUT2D eigenvalue weighted by Crippen LogP contribution is 2.28. The molecule has 0 heterocycles. The van der Waals surface area contributed by atoms with Crippen LogP contribution in [-0.4, -0.2) is 67.8 Å². The maximum Gasteiger partial charge on any atom is 0.119 e. The Balaban J connectivity index is 1.68. The zero-order valence-corrected chi connectivity index (χ0v) is 18.5. The number of hydrogen-bond donors (Lipinski definition) is 6. The fraction of sp³-hybridized carbons (Fsp3) is 0.500. The highest BCUT2D eigenvalue weighted by atomic mass is 35.5. The fourth-order valence-corrected chi connectivity index (χ4v) is 4.12. The molecule has 1 fully saturated rings. The molecule has 3 rings (SSSR count).